The molecule has 1 aliphatic heterocycles. The summed E-state index contributed by atoms with van der Waals surface area (Å²) >= 11 is 0. The van der Waals surface area contributed by atoms with Gasteiger partial charge in [0, 0.05) is 17.0 Å². The molecule has 2 aromatic rings. The minimum atomic E-state index is -0.128. The number of hydrogen-bond donors (Lipinski definition) is 1. The van der Waals surface area contributed by atoms with Gasteiger partial charge >= 0.3 is 0 Å². The van der Waals surface area contributed by atoms with Crippen molar-refractivity contribution in [3.63, 3.8) is 0 Å². The summed E-state index contributed by atoms with van der Waals surface area (Å²) in [4.78, 5) is 27.6. The van der Waals surface area contributed by atoms with Crippen molar-refractivity contribution in [1.29, 1.82) is 0 Å². The van der Waals surface area contributed by atoms with Gasteiger partial charge in [0.25, 0.3) is 0 Å². The number of nitrogens with one attached hydrogen (secondary N) is 1. The van der Waals surface area contributed by atoms with E-state index in [4.69, 9.17) is 4.74 Å². The standard InChI is InChI=1S/C27H36N2O3/c1-19(2)17-21-9-11-22(12-10-21)27(31)23-13-15-29(16-14-23)18-26(30)28-20(3)24-7-5-6-8-25(24)32-4/h5-12,19-20,23H,13-18H2,1-4H3,(H,28,30). The maximum Gasteiger partial charge on any atom is 0.234 e. The number of carbonyl (C=O) groups excluding carboxylic acids is 2. The lowest BCUT2D eigenvalue weighted by atomic mass is 9.88. The molecule has 5 heteroatoms. The van der Waals surface area contributed by atoms with Crippen LogP contribution < -0.4 is 10.1 Å². The summed E-state index contributed by atoms with van der Waals surface area (Å²) in [5.41, 5.74) is 3.05. The van der Waals surface area contributed by atoms with Crippen LogP contribution in [0.5, 0.6) is 5.75 Å². The number of Topliss-reactive ketones (excluding diaryl/α,β-unsaturated/α-hetero) is 1. The molecule has 1 amide bonds. The number of benzene rings is 2. The van der Waals surface area contributed by atoms with Crippen LogP contribution in [0, 0.1) is 11.8 Å². The SMILES string of the molecule is COc1ccccc1C(C)NC(=O)CN1CCC(C(=O)c2ccc(CC(C)C)cc2)CC1. The van der Waals surface area contributed by atoms with Crippen LogP contribution in [0.15, 0.2) is 48.5 Å². The van der Waals surface area contributed by atoms with Crippen LogP contribution in [0.25, 0.3) is 0 Å². The van der Waals surface area contributed by atoms with Crippen LogP contribution in [-0.2, 0) is 11.2 Å². The van der Waals surface area contributed by atoms with Gasteiger partial charge in [-0.2, -0.15) is 0 Å². The average Bonchev–Trinajstić information content (AvgIpc) is 2.79. The number of piperidine rings is 1. The predicted molar refractivity (Wildman–Crippen MR) is 128 cm³/mol. The molecule has 1 unspecified atom stereocenters. The van der Waals surface area contributed by atoms with Gasteiger partial charge < -0.3 is 10.1 Å². The number of amides is 1. The van der Waals surface area contributed by atoms with E-state index < -0.39 is 0 Å². The van der Waals surface area contributed by atoms with Crippen LogP contribution in [-0.4, -0.2) is 43.3 Å². The van der Waals surface area contributed by atoms with Gasteiger partial charge in [0.05, 0.1) is 19.7 Å². The molecule has 0 spiro atoms. The minimum absolute atomic E-state index is 0.00563. The third kappa shape index (κ3) is 6.42. The highest BCUT2D eigenvalue weighted by Crippen LogP contribution is 2.25. The van der Waals surface area contributed by atoms with Gasteiger partial charge in [-0.15, -0.1) is 0 Å². The van der Waals surface area contributed by atoms with Crippen molar-refractivity contribution in [2.75, 3.05) is 26.7 Å². The first kappa shape index (κ1) is 24.0. The maximum absolute atomic E-state index is 12.9. The smallest absolute Gasteiger partial charge is 0.234 e. The number of ketones is 1. The molecule has 3 rings (SSSR count). The lowest BCUT2D eigenvalue weighted by Crippen LogP contribution is -2.43. The zero-order valence-corrected chi connectivity index (χ0v) is 19.8. The summed E-state index contributed by atoms with van der Waals surface area (Å²) in [5, 5.41) is 3.07. The molecule has 1 N–H and O–H groups in total. The number of rotatable bonds is 9. The fraction of sp³-hybridized carbons (Fsp3) is 0.481. The van der Waals surface area contributed by atoms with Crippen LogP contribution in [0.3, 0.4) is 0 Å². The molecular weight excluding hydrogens is 400 g/mol. The van der Waals surface area contributed by atoms with Crippen LogP contribution in [0.1, 0.15) is 61.1 Å². The van der Waals surface area contributed by atoms with Gasteiger partial charge in [0.2, 0.25) is 5.91 Å². The molecule has 2 aromatic carbocycles. The van der Waals surface area contributed by atoms with Crippen molar-refractivity contribution in [3.8, 4) is 5.75 Å². The molecule has 172 valence electrons. The Bertz CT molecular complexity index is 899. The van der Waals surface area contributed by atoms with E-state index in [2.05, 4.69) is 36.2 Å². The number of ether oxygens (including phenoxy) is 1. The predicted octanol–water partition coefficient (Wildman–Crippen LogP) is 4.67. The molecule has 32 heavy (non-hydrogen) atoms. The van der Waals surface area contributed by atoms with Gasteiger partial charge in [-0.3, -0.25) is 14.5 Å². The second-order valence-corrected chi connectivity index (χ2v) is 9.24. The van der Waals surface area contributed by atoms with Crippen LogP contribution in [0.4, 0.5) is 0 Å². The second kappa shape index (κ2) is 11.3. The summed E-state index contributed by atoms with van der Waals surface area (Å²) in [6.07, 6.45) is 2.62. The fourth-order valence-electron chi connectivity index (χ4n) is 4.46. The van der Waals surface area contributed by atoms with E-state index >= 15 is 0 Å². The molecule has 0 saturated carbocycles. The minimum Gasteiger partial charge on any atom is -0.496 e. The topological polar surface area (TPSA) is 58.6 Å². The van der Waals surface area contributed by atoms with E-state index in [1.807, 2.05) is 43.3 Å². The highest BCUT2D eigenvalue weighted by atomic mass is 16.5. The normalized spacial score (nSPS) is 16.0. The summed E-state index contributed by atoms with van der Waals surface area (Å²) in [6.45, 7) is 8.24. The largest absolute Gasteiger partial charge is 0.496 e. The average molecular weight is 437 g/mol. The molecule has 1 aliphatic rings. The van der Waals surface area contributed by atoms with Crippen LogP contribution in [0.2, 0.25) is 0 Å². The van der Waals surface area contributed by atoms with Gasteiger partial charge in [0.15, 0.2) is 5.78 Å². The maximum atomic E-state index is 12.9. The van der Waals surface area contributed by atoms with E-state index in [0.29, 0.717) is 12.5 Å². The summed E-state index contributed by atoms with van der Waals surface area (Å²) in [5.74, 6) is 1.65. The summed E-state index contributed by atoms with van der Waals surface area (Å²) < 4.78 is 5.40. The molecule has 1 saturated heterocycles. The first-order chi connectivity index (χ1) is 15.4. The van der Waals surface area contributed by atoms with E-state index in [-0.39, 0.29) is 23.7 Å². The molecule has 1 atom stereocenters. The monoisotopic (exact) mass is 436 g/mol. The third-order valence-corrected chi connectivity index (χ3v) is 6.19. The van der Waals surface area contributed by atoms with Crippen molar-refractivity contribution in [2.24, 2.45) is 11.8 Å². The van der Waals surface area contributed by atoms with E-state index in [9.17, 15) is 9.59 Å². The Morgan fingerprint density at radius 2 is 1.69 bits per heavy atom. The molecular formula is C27H36N2O3. The Kier molecular flexibility index (Phi) is 8.46. The van der Waals surface area contributed by atoms with Crippen LogP contribution >= 0.6 is 0 Å². The zero-order valence-electron chi connectivity index (χ0n) is 19.8. The molecule has 0 radical (unpaired) electrons. The van der Waals surface area contributed by atoms with Crippen molar-refractivity contribution >= 4 is 11.7 Å². The molecule has 0 aliphatic carbocycles. The highest BCUT2D eigenvalue weighted by molar-refractivity contribution is 5.98. The number of likely N-dealkylation sites (tertiary alicyclic amines) is 1. The fourth-order valence-corrected chi connectivity index (χ4v) is 4.46. The van der Waals surface area contributed by atoms with Gasteiger partial charge in [-0.05, 0) is 56.8 Å². The van der Waals surface area contributed by atoms with Crippen molar-refractivity contribution in [3.05, 3.63) is 65.2 Å². The number of methoxy groups -OCH3 is 1. The van der Waals surface area contributed by atoms with Gasteiger partial charge in [-0.25, -0.2) is 0 Å². The molecule has 0 aromatic heterocycles. The number of hydrogen-bond acceptors (Lipinski definition) is 4. The van der Waals surface area contributed by atoms with Crippen molar-refractivity contribution in [1.82, 2.24) is 10.2 Å². The third-order valence-electron chi connectivity index (χ3n) is 6.19. The summed E-state index contributed by atoms with van der Waals surface area (Å²) in [7, 11) is 1.64. The Morgan fingerprint density at radius 3 is 2.31 bits per heavy atom. The highest BCUT2D eigenvalue weighted by Gasteiger charge is 2.27. The van der Waals surface area contributed by atoms with E-state index in [1.165, 1.54) is 5.56 Å². The second-order valence-electron chi connectivity index (χ2n) is 9.24. The zero-order chi connectivity index (χ0) is 23.1. The lowest BCUT2D eigenvalue weighted by Gasteiger charge is -2.31. The first-order valence-electron chi connectivity index (χ1n) is 11.6. The quantitative estimate of drug-likeness (QED) is 0.581. The number of para-hydroxylation sites is 1. The van der Waals surface area contributed by atoms with Crippen molar-refractivity contribution in [2.45, 2.75) is 46.1 Å². The first-order valence-corrected chi connectivity index (χ1v) is 11.6. The Balaban J connectivity index is 1.47. The number of nitrogens with zero attached hydrogens (tertiary/aromatic N) is 1. The van der Waals surface area contributed by atoms with Gasteiger partial charge in [-0.1, -0.05) is 56.3 Å². The molecule has 0 bridgehead atoms. The Morgan fingerprint density at radius 1 is 1.03 bits per heavy atom. The lowest BCUT2D eigenvalue weighted by molar-refractivity contribution is -0.123. The molecule has 1 fully saturated rings. The Labute approximate surface area is 192 Å². The van der Waals surface area contributed by atoms with E-state index in [1.54, 1.807) is 7.11 Å². The Hall–Kier alpha value is -2.66. The van der Waals surface area contributed by atoms with Gasteiger partial charge in [0.1, 0.15) is 5.75 Å². The van der Waals surface area contributed by atoms with Crippen molar-refractivity contribution < 1.29 is 14.3 Å². The summed E-state index contributed by atoms with van der Waals surface area (Å²) in [6, 6.07) is 15.7. The van der Waals surface area contributed by atoms with E-state index in [0.717, 1.165) is 49.2 Å². The number of carbonyl (C=O) groups is 2. The molecule has 1 heterocycles. The molecule has 5 nitrogen and oxygen atoms in total.